The number of nitrogens with zero attached hydrogens (tertiary/aromatic N) is 6. The number of carbonyl (C=O) groups excluding carboxylic acids is 1. The van der Waals surface area contributed by atoms with Gasteiger partial charge in [-0.3, -0.25) is 14.0 Å². The number of rotatable bonds is 7. The van der Waals surface area contributed by atoms with Crippen molar-refractivity contribution in [3.63, 3.8) is 0 Å². The summed E-state index contributed by atoms with van der Waals surface area (Å²) in [6.45, 7) is 10.4. The quantitative estimate of drug-likeness (QED) is 0.639. The van der Waals surface area contributed by atoms with Gasteiger partial charge in [-0.15, -0.1) is 5.10 Å². The fraction of sp³-hybridized carbons (Fsp3) is 0.409. The van der Waals surface area contributed by atoms with E-state index in [9.17, 15) is 4.79 Å². The Labute approximate surface area is 186 Å². The highest BCUT2D eigenvalue weighted by atomic mass is 16.5. The third-order valence-electron chi connectivity index (χ3n) is 6.66. The maximum absolute atomic E-state index is 11.9. The van der Waals surface area contributed by atoms with Crippen molar-refractivity contribution in [2.45, 2.75) is 0 Å². The largest absolute Gasteiger partial charge is 0.478 e. The normalized spacial score (nSPS) is 23.4. The molecule has 2 fully saturated rings. The van der Waals surface area contributed by atoms with Crippen LogP contribution in [0, 0.1) is 17.8 Å². The average Bonchev–Trinajstić information content (AvgIpc) is 3.22. The number of ether oxygens (including phenoxy) is 1. The van der Waals surface area contributed by atoms with Crippen molar-refractivity contribution < 1.29 is 9.53 Å². The minimum absolute atomic E-state index is 0.0249. The maximum Gasteiger partial charge on any atom is 0.256 e. The molecule has 1 amide bonds. The molecule has 168 valence electrons. The Bertz CT molecular complexity index is 1120. The Kier molecular flexibility index (Phi) is 4.72. The van der Waals surface area contributed by atoms with Crippen molar-refractivity contribution in [2.75, 3.05) is 44.4 Å². The van der Waals surface area contributed by atoms with Crippen LogP contribution in [-0.2, 0) is 11.8 Å². The van der Waals surface area contributed by atoms with Crippen LogP contribution in [0.2, 0.25) is 0 Å². The van der Waals surface area contributed by atoms with Crippen LogP contribution in [0.15, 0.2) is 37.8 Å². The highest BCUT2D eigenvalue weighted by Crippen LogP contribution is 2.52. The number of hydrogen-bond acceptors (Lipinski definition) is 7. The topological polar surface area (TPSA) is 92.5 Å². The third-order valence-corrected chi connectivity index (χ3v) is 6.66. The molecule has 32 heavy (non-hydrogen) atoms. The number of imidazole rings is 1. The Morgan fingerprint density at radius 3 is 2.78 bits per heavy atom. The monoisotopic (exact) mass is 436 g/mol. The molecule has 1 saturated heterocycles. The molecule has 5 rings (SSSR count). The fourth-order valence-electron chi connectivity index (χ4n) is 4.95. The highest BCUT2D eigenvalue weighted by molar-refractivity contribution is 5.87. The molecular weight excluding hydrogens is 408 g/mol. The van der Waals surface area contributed by atoms with E-state index in [1.807, 2.05) is 29.8 Å². The van der Waals surface area contributed by atoms with Crippen LogP contribution in [0.1, 0.15) is 5.82 Å². The molecule has 10 heteroatoms. The van der Waals surface area contributed by atoms with Gasteiger partial charge in [-0.2, -0.15) is 0 Å². The molecule has 4 heterocycles. The number of aryl methyl sites for hydroxylation is 1. The van der Waals surface area contributed by atoms with Gasteiger partial charge in [-0.1, -0.05) is 13.2 Å². The van der Waals surface area contributed by atoms with Crippen molar-refractivity contribution >= 4 is 28.9 Å². The second-order valence-electron chi connectivity index (χ2n) is 8.45. The summed E-state index contributed by atoms with van der Waals surface area (Å²) in [5.74, 6) is 4.59. The predicted octanol–water partition coefficient (Wildman–Crippen LogP) is 1.71. The first kappa shape index (κ1) is 20.2. The number of methoxy groups -OCH3 is 1. The summed E-state index contributed by atoms with van der Waals surface area (Å²) in [5.41, 5.74) is 1.59. The second-order valence-corrected chi connectivity index (χ2v) is 8.45. The van der Waals surface area contributed by atoms with Crippen LogP contribution in [0.25, 0.3) is 11.5 Å². The Balaban J connectivity index is 1.39. The molecular formula is C22H28N8O2. The van der Waals surface area contributed by atoms with E-state index in [0.717, 1.165) is 48.5 Å². The van der Waals surface area contributed by atoms with Crippen molar-refractivity contribution in [1.82, 2.24) is 29.1 Å². The van der Waals surface area contributed by atoms with Gasteiger partial charge < -0.3 is 25.2 Å². The molecule has 10 nitrogen and oxygen atoms in total. The number of nitrogens with one attached hydrogen (secondary N) is 2. The summed E-state index contributed by atoms with van der Waals surface area (Å²) >= 11 is 0. The summed E-state index contributed by atoms with van der Waals surface area (Å²) in [5, 5.41) is 11.0. The Morgan fingerprint density at radius 2 is 2.12 bits per heavy atom. The summed E-state index contributed by atoms with van der Waals surface area (Å²) in [4.78, 5) is 20.6. The van der Waals surface area contributed by atoms with Crippen LogP contribution < -0.4 is 15.4 Å². The molecule has 2 N–H and O–H groups in total. The number of amides is 1. The van der Waals surface area contributed by atoms with Crippen LogP contribution in [0.4, 0.5) is 11.5 Å². The van der Waals surface area contributed by atoms with E-state index >= 15 is 0 Å². The van der Waals surface area contributed by atoms with E-state index in [1.54, 1.807) is 18.0 Å². The first-order valence-corrected chi connectivity index (χ1v) is 10.6. The second kappa shape index (κ2) is 7.47. The average molecular weight is 437 g/mol. The van der Waals surface area contributed by atoms with Gasteiger partial charge in [0.05, 0.1) is 25.2 Å². The highest BCUT2D eigenvalue weighted by Gasteiger charge is 2.56. The van der Waals surface area contributed by atoms with E-state index in [2.05, 4.69) is 45.0 Å². The van der Waals surface area contributed by atoms with Crippen LogP contribution >= 0.6 is 0 Å². The molecule has 0 bridgehead atoms. The van der Waals surface area contributed by atoms with Gasteiger partial charge in [-0.25, -0.2) is 4.98 Å². The Morgan fingerprint density at radius 1 is 1.38 bits per heavy atom. The Hall–Kier alpha value is -3.69. The molecule has 3 aliphatic rings. The molecule has 0 spiro atoms. The van der Waals surface area contributed by atoms with Crippen molar-refractivity contribution in [3.8, 4) is 5.88 Å². The molecule has 2 unspecified atom stereocenters. The lowest BCUT2D eigenvalue weighted by molar-refractivity contribution is -0.125. The molecule has 2 atom stereocenters. The molecule has 2 aromatic rings. The number of hydrogen-bond donors (Lipinski definition) is 2. The van der Waals surface area contributed by atoms with Gasteiger partial charge in [-0.05, 0) is 23.8 Å². The van der Waals surface area contributed by atoms with Gasteiger partial charge in [0, 0.05) is 39.9 Å². The lowest BCUT2D eigenvalue weighted by Crippen LogP contribution is -2.33. The van der Waals surface area contributed by atoms with Gasteiger partial charge in [0.1, 0.15) is 17.3 Å². The van der Waals surface area contributed by atoms with E-state index < -0.39 is 0 Å². The molecule has 2 aliphatic heterocycles. The zero-order valence-electron chi connectivity index (χ0n) is 18.6. The van der Waals surface area contributed by atoms with Gasteiger partial charge in [0.15, 0.2) is 5.82 Å². The zero-order valence-corrected chi connectivity index (χ0v) is 18.6. The number of fused-ring (bicyclic) bond motifs is 2. The van der Waals surface area contributed by atoms with Crippen LogP contribution in [-0.4, -0.2) is 68.8 Å². The number of carbonyl (C=O) groups is 1. The summed E-state index contributed by atoms with van der Waals surface area (Å²) < 4.78 is 9.12. The number of anilines is 2. The standard InChI is InChI=1S/C22H28N8O2/c1-6-20(31)29-9-15-14(16(15)10-29)8-28-12-17(25-18-11-27(4)26-22(18)32-5)21-24-7-19(23-3)30(21)13(28)2/h6-7,11-12,14-16,23,25H,1-2,8-10H2,3-5H3. The van der Waals surface area contributed by atoms with Crippen molar-refractivity contribution in [2.24, 2.45) is 24.8 Å². The minimum atomic E-state index is 0.0249. The van der Waals surface area contributed by atoms with E-state index in [1.165, 1.54) is 6.08 Å². The van der Waals surface area contributed by atoms with Crippen LogP contribution in [0.3, 0.4) is 0 Å². The van der Waals surface area contributed by atoms with Crippen LogP contribution in [0.5, 0.6) is 5.88 Å². The van der Waals surface area contributed by atoms with Crippen molar-refractivity contribution in [1.29, 1.82) is 0 Å². The molecule has 0 radical (unpaired) electrons. The van der Waals surface area contributed by atoms with Gasteiger partial charge in [0.2, 0.25) is 5.91 Å². The minimum Gasteiger partial charge on any atom is -0.478 e. The summed E-state index contributed by atoms with van der Waals surface area (Å²) in [6.07, 6.45) is 7.12. The third kappa shape index (κ3) is 3.14. The van der Waals surface area contributed by atoms with E-state index in [-0.39, 0.29) is 5.91 Å². The number of likely N-dealkylation sites (tertiary alicyclic amines) is 1. The fourth-order valence-corrected chi connectivity index (χ4v) is 4.95. The first-order valence-electron chi connectivity index (χ1n) is 10.6. The molecule has 1 aliphatic carbocycles. The predicted molar refractivity (Wildman–Crippen MR) is 122 cm³/mol. The first-order chi connectivity index (χ1) is 15.4. The summed E-state index contributed by atoms with van der Waals surface area (Å²) in [7, 11) is 5.32. The molecule has 2 aromatic heterocycles. The SMILES string of the molecule is C=CC(=O)N1CC2C(CN3C=C(Nc4cn(C)nc4OC)c4ncc(NC)n4C3=C)C2C1. The molecule has 0 aromatic carbocycles. The smallest absolute Gasteiger partial charge is 0.256 e. The lowest BCUT2D eigenvalue weighted by Gasteiger charge is -2.32. The van der Waals surface area contributed by atoms with E-state index in [4.69, 9.17) is 4.74 Å². The summed E-state index contributed by atoms with van der Waals surface area (Å²) in [6, 6.07) is 0. The van der Waals surface area contributed by atoms with Gasteiger partial charge >= 0.3 is 0 Å². The number of aromatic nitrogens is 4. The van der Waals surface area contributed by atoms with E-state index in [0.29, 0.717) is 23.6 Å². The number of piperidine rings is 1. The zero-order chi connectivity index (χ0) is 22.6. The lowest BCUT2D eigenvalue weighted by atomic mass is 10.2. The maximum atomic E-state index is 11.9. The molecule has 1 saturated carbocycles. The van der Waals surface area contributed by atoms with Gasteiger partial charge in [0.25, 0.3) is 5.88 Å². The van der Waals surface area contributed by atoms with Crippen molar-refractivity contribution in [3.05, 3.63) is 43.7 Å².